The van der Waals surface area contributed by atoms with Crippen molar-refractivity contribution >= 4 is 0 Å². The van der Waals surface area contributed by atoms with Crippen molar-refractivity contribution in [2.45, 2.75) is 45.1 Å². The molecule has 0 aromatic rings. The minimum Gasteiger partial charge on any atom is -0.316 e. The first-order chi connectivity index (χ1) is 9.22. The molecule has 3 heterocycles. The van der Waals surface area contributed by atoms with Crippen LogP contribution in [0.1, 0.15) is 39.0 Å². The van der Waals surface area contributed by atoms with E-state index in [4.69, 9.17) is 0 Å². The van der Waals surface area contributed by atoms with Crippen LogP contribution in [0.2, 0.25) is 0 Å². The summed E-state index contributed by atoms with van der Waals surface area (Å²) in [6.07, 6.45) is 6.99. The summed E-state index contributed by atoms with van der Waals surface area (Å²) in [6.45, 7) is 10.2. The lowest BCUT2D eigenvalue weighted by atomic mass is 9.80. The molecule has 0 radical (unpaired) electrons. The Labute approximate surface area is 118 Å². The fourth-order valence-corrected chi connectivity index (χ4v) is 4.69. The second kappa shape index (κ2) is 5.71. The van der Waals surface area contributed by atoms with Crippen LogP contribution >= 0.6 is 0 Å². The number of nitrogens with one attached hydrogen (secondary N) is 1. The lowest BCUT2D eigenvalue weighted by molar-refractivity contribution is 0.0210. The number of fused-ring (bicyclic) bond motifs is 1. The molecule has 0 aromatic carbocycles. The molecule has 19 heavy (non-hydrogen) atoms. The molecule has 3 aliphatic heterocycles. The lowest BCUT2D eigenvalue weighted by Gasteiger charge is -2.47. The normalized spacial score (nSPS) is 41.4. The van der Waals surface area contributed by atoms with Crippen molar-refractivity contribution in [3.63, 3.8) is 0 Å². The van der Waals surface area contributed by atoms with Crippen LogP contribution in [0.5, 0.6) is 0 Å². The smallest absolute Gasteiger partial charge is 0.0145 e. The number of nitrogens with zero attached hydrogens (tertiary/aromatic N) is 2. The SMILES string of the molecule is CCC1(CN2CCC3C(CCCN3C)C2)CCNC1. The quantitative estimate of drug-likeness (QED) is 0.839. The van der Waals surface area contributed by atoms with Crippen LogP contribution in [0.3, 0.4) is 0 Å². The fourth-order valence-electron chi connectivity index (χ4n) is 4.69. The van der Waals surface area contributed by atoms with E-state index in [9.17, 15) is 0 Å². The summed E-state index contributed by atoms with van der Waals surface area (Å²) in [5.74, 6) is 0.941. The highest BCUT2D eigenvalue weighted by atomic mass is 15.2. The van der Waals surface area contributed by atoms with Gasteiger partial charge in [0.25, 0.3) is 0 Å². The molecule has 3 atom stereocenters. The first-order valence-corrected chi connectivity index (χ1v) is 8.36. The van der Waals surface area contributed by atoms with Gasteiger partial charge >= 0.3 is 0 Å². The maximum Gasteiger partial charge on any atom is 0.0145 e. The van der Waals surface area contributed by atoms with Gasteiger partial charge in [-0.1, -0.05) is 6.92 Å². The number of likely N-dealkylation sites (tertiary alicyclic amines) is 2. The highest BCUT2D eigenvalue weighted by Crippen LogP contribution is 2.34. The Hall–Kier alpha value is -0.120. The number of hydrogen-bond donors (Lipinski definition) is 1. The third-order valence-corrected chi connectivity index (χ3v) is 6.07. The van der Waals surface area contributed by atoms with Gasteiger partial charge in [-0.05, 0) is 70.1 Å². The van der Waals surface area contributed by atoms with Crippen molar-refractivity contribution < 1.29 is 0 Å². The molecular weight excluding hydrogens is 234 g/mol. The van der Waals surface area contributed by atoms with Gasteiger partial charge in [0.05, 0.1) is 0 Å². The van der Waals surface area contributed by atoms with Gasteiger partial charge in [0.2, 0.25) is 0 Å². The minimum atomic E-state index is 0.577. The molecule has 0 spiro atoms. The van der Waals surface area contributed by atoms with Crippen LogP contribution in [0, 0.1) is 11.3 Å². The average molecular weight is 265 g/mol. The van der Waals surface area contributed by atoms with E-state index in [0.717, 1.165) is 12.0 Å². The predicted octanol–water partition coefficient (Wildman–Crippen LogP) is 1.79. The Morgan fingerprint density at radius 1 is 1.26 bits per heavy atom. The second-order valence-corrected chi connectivity index (χ2v) is 7.25. The Balaban J connectivity index is 1.58. The Bertz CT molecular complexity index is 298. The summed E-state index contributed by atoms with van der Waals surface area (Å²) < 4.78 is 0. The summed E-state index contributed by atoms with van der Waals surface area (Å²) in [4.78, 5) is 5.41. The van der Waals surface area contributed by atoms with Crippen molar-refractivity contribution in [2.24, 2.45) is 11.3 Å². The Morgan fingerprint density at radius 2 is 2.16 bits per heavy atom. The van der Waals surface area contributed by atoms with Crippen LogP contribution < -0.4 is 5.32 Å². The molecule has 3 heteroatoms. The van der Waals surface area contributed by atoms with Crippen molar-refractivity contribution in [3.05, 3.63) is 0 Å². The van der Waals surface area contributed by atoms with Crippen molar-refractivity contribution in [3.8, 4) is 0 Å². The molecular formula is C16H31N3. The van der Waals surface area contributed by atoms with Crippen LogP contribution in [0.4, 0.5) is 0 Å². The molecule has 0 aliphatic carbocycles. The van der Waals surface area contributed by atoms with Crippen molar-refractivity contribution in [1.29, 1.82) is 0 Å². The first kappa shape index (κ1) is 13.8. The maximum atomic E-state index is 3.58. The van der Waals surface area contributed by atoms with Crippen molar-refractivity contribution in [1.82, 2.24) is 15.1 Å². The van der Waals surface area contributed by atoms with Crippen LogP contribution in [0.15, 0.2) is 0 Å². The number of piperidine rings is 2. The van der Waals surface area contributed by atoms with Gasteiger partial charge in [-0.3, -0.25) is 0 Å². The van der Waals surface area contributed by atoms with Crippen molar-refractivity contribution in [2.75, 3.05) is 46.3 Å². The summed E-state index contributed by atoms with van der Waals surface area (Å²) in [7, 11) is 2.33. The zero-order valence-corrected chi connectivity index (χ0v) is 12.8. The molecule has 3 unspecified atom stereocenters. The van der Waals surface area contributed by atoms with Crippen LogP contribution in [0.25, 0.3) is 0 Å². The van der Waals surface area contributed by atoms with Gasteiger partial charge < -0.3 is 15.1 Å². The molecule has 110 valence electrons. The third-order valence-electron chi connectivity index (χ3n) is 6.07. The minimum absolute atomic E-state index is 0.577. The zero-order chi connectivity index (χ0) is 13.3. The maximum absolute atomic E-state index is 3.58. The third kappa shape index (κ3) is 2.84. The molecule has 0 bridgehead atoms. The molecule has 0 aromatic heterocycles. The van der Waals surface area contributed by atoms with Gasteiger partial charge in [-0.2, -0.15) is 0 Å². The Kier molecular flexibility index (Phi) is 4.16. The summed E-state index contributed by atoms with van der Waals surface area (Å²) in [5, 5.41) is 3.58. The molecule has 1 N–H and O–H groups in total. The molecule has 0 saturated carbocycles. The van der Waals surface area contributed by atoms with Gasteiger partial charge in [0, 0.05) is 25.7 Å². The predicted molar refractivity (Wildman–Crippen MR) is 80.4 cm³/mol. The standard InChI is InChI=1S/C16H31N3/c1-3-16(7-8-17-12-16)13-19-10-6-15-14(11-19)5-4-9-18(15)2/h14-15,17H,3-13H2,1-2H3. The van der Waals surface area contributed by atoms with E-state index in [0.29, 0.717) is 5.41 Å². The van der Waals surface area contributed by atoms with Gasteiger partial charge in [0.15, 0.2) is 0 Å². The van der Waals surface area contributed by atoms with E-state index in [1.807, 2.05) is 0 Å². The van der Waals surface area contributed by atoms with E-state index >= 15 is 0 Å². The molecule has 3 fully saturated rings. The van der Waals surface area contributed by atoms with Gasteiger partial charge in [0.1, 0.15) is 0 Å². The zero-order valence-electron chi connectivity index (χ0n) is 12.8. The highest BCUT2D eigenvalue weighted by Gasteiger charge is 2.38. The van der Waals surface area contributed by atoms with Crippen LogP contribution in [-0.2, 0) is 0 Å². The summed E-state index contributed by atoms with van der Waals surface area (Å²) in [5.41, 5.74) is 0.577. The largest absolute Gasteiger partial charge is 0.316 e. The second-order valence-electron chi connectivity index (χ2n) is 7.25. The molecule has 3 aliphatic rings. The average Bonchev–Trinajstić information content (AvgIpc) is 2.88. The highest BCUT2D eigenvalue weighted by molar-refractivity contribution is 4.94. The van der Waals surface area contributed by atoms with E-state index in [1.54, 1.807) is 0 Å². The summed E-state index contributed by atoms with van der Waals surface area (Å²) in [6, 6.07) is 0.879. The summed E-state index contributed by atoms with van der Waals surface area (Å²) >= 11 is 0. The molecule has 0 amide bonds. The lowest BCUT2D eigenvalue weighted by Crippen LogP contribution is -2.54. The molecule has 3 rings (SSSR count). The first-order valence-electron chi connectivity index (χ1n) is 8.36. The van der Waals surface area contributed by atoms with E-state index in [-0.39, 0.29) is 0 Å². The fraction of sp³-hybridized carbons (Fsp3) is 1.00. The van der Waals surface area contributed by atoms with E-state index in [2.05, 4.69) is 29.1 Å². The van der Waals surface area contributed by atoms with E-state index < -0.39 is 0 Å². The topological polar surface area (TPSA) is 18.5 Å². The van der Waals surface area contributed by atoms with Gasteiger partial charge in [-0.15, -0.1) is 0 Å². The van der Waals surface area contributed by atoms with Crippen LogP contribution in [-0.4, -0.2) is 62.2 Å². The van der Waals surface area contributed by atoms with E-state index in [1.165, 1.54) is 71.4 Å². The number of rotatable bonds is 3. The Morgan fingerprint density at radius 3 is 2.89 bits per heavy atom. The molecule has 3 nitrogen and oxygen atoms in total. The van der Waals surface area contributed by atoms with Gasteiger partial charge in [-0.25, -0.2) is 0 Å². The number of hydrogen-bond acceptors (Lipinski definition) is 3. The molecule has 3 saturated heterocycles. The monoisotopic (exact) mass is 265 g/mol.